The van der Waals surface area contributed by atoms with Gasteiger partial charge in [-0.2, -0.15) is 9.97 Å². The van der Waals surface area contributed by atoms with Gasteiger partial charge in [-0.25, -0.2) is 13.2 Å². The lowest BCUT2D eigenvalue weighted by Gasteiger charge is -2.45. The highest BCUT2D eigenvalue weighted by Crippen LogP contribution is 2.43. The molecular weight excluding hydrogens is 622 g/mol. The number of hydrogen-bond donors (Lipinski definition) is 2. The van der Waals surface area contributed by atoms with E-state index in [9.17, 15) is 13.9 Å². The second-order valence-electron chi connectivity index (χ2n) is 14.3. The summed E-state index contributed by atoms with van der Waals surface area (Å²) in [6, 6.07) is 7.15. The summed E-state index contributed by atoms with van der Waals surface area (Å²) >= 11 is 0. The Hall–Kier alpha value is -4.14. The Morgan fingerprint density at radius 1 is 1.04 bits per heavy atom. The van der Waals surface area contributed by atoms with E-state index in [1.54, 1.807) is 0 Å². The summed E-state index contributed by atoms with van der Waals surface area (Å²) in [6.45, 7) is 4.38. The number of phenolic OH excluding ortho intramolecular Hbond substituents is 1. The molecule has 1 saturated carbocycles. The Bertz CT molecular complexity index is 1970. The molecule has 0 unspecified atom stereocenters. The van der Waals surface area contributed by atoms with Crippen LogP contribution in [-0.4, -0.2) is 77.6 Å². The molecule has 1 aromatic heterocycles. The number of nitrogens with zero attached hydrogens (tertiary/aromatic N) is 4. The zero-order chi connectivity index (χ0) is 33.3. The Kier molecular flexibility index (Phi) is 7.64. The Labute approximate surface area is 276 Å². The first-order chi connectivity index (χ1) is 23.2. The number of alkyl halides is 1. The van der Waals surface area contributed by atoms with E-state index in [1.165, 1.54) is 24.3 Å². The zero-order valence-corrected chi connectivity index (χ0v) is 26.7. The molecular formula is C37H37F4N5O2. The predicted octanol–water partition coefficient (Wildman–Crippen LogP) is 6.33. The van der Waals surface area contributed by atoms with Gasteiger partial charge in [0.05, 0.1) is 24.4 Å². The monoisotopic (exact) mass is 659 g/mol. The molecule has 3 aromatic carbocycles. The molecule has 4 heterocycles. The minimum absolute atomic E-state index is 0.0849. The number of terminal acetylenes is 1. The highest BCUT2D eigenvalue weighted by atomic mass is 19.1. The third kappa shape index (κ3) is 5.30. The number of likely N-dealkylation sites (tertiary alicyclic amines) is 1. The van der Waals surface area contributed by atoms with Crippen molar-refractivity contribution in [3.63, 3.8) is 0 Å². The van der Waals surface area contributed by atoms with E-state index in [0.717, 1.165) is 44.7 Å². The van der Waals surface area contributed by atoms with E-state index in [-0.39, 0.29) is 63.8 Å². The molecule has 3 saturated heterocycles. The van der Waals surface area contributed by atoms with Crippen LogP contribution in [0, 0.1) is 41.1 Å². The van der Waals surface area contributed by atoms with Crippen LogP contribution in [0.15, 0.2) is 30.3 Å². The highest BCUT2D eigenvalue weighted by Gasteiger charge is 2.44. The van der Waals surface area contributed by atoms with Crippen molar-refractivity contribution in [1.82, 2.24) is 20.2 Å². The topological polar surface area (TPSA) is 73.8 Å². The number of nitrogens with one attached hydrogen (secondary N) is 1. The molecule has 2 bridgehead atoms. The van der Waals surface area contributed by atoms with Gasteiger partial charge in [-0.15, -0.1) is 6.42 Å². The first-order valence-corrected chi connectivity index (χ1v) is 16.7. The van der Waals surface area contributed by atoms with Crippen LogP contribution in [0.3, 0.4) is 0 Å². The van der Waals surface area contributed by atoms with Crippen LogP contribution < -0.4 is 15.0 Å². The number of hydrogen-bond acceptors (Lipinski definition) is 7. The summed E-state index contributed by atoms with van der Waals surface area (Å²) < 4.78 is 68.7. The maximum atomic E-state index is 16.9. The molecule has 2 N–H and O–H groups in total. The molecule has 8 rings (SSSR count). The SMILES string of the molecule is C#Cc1c(F)ccc2cc(O)cc(-c3c(F)cc4c(N5C[C@H]6CC[C@@H](C5)N6)nc(OC[C@@]5(C)CN(C6CC6)CC[C@H]5CF)nc4c3F)c12. The first-order valence-electron chi connectivity index (χ1n) is 16.7. The van der Waals surface area contributed by atoms with Gasteiger partial charge in [-0.1, -0.05) is 18.9 Å². The Morgan fingerprint density at radius 2 is 1.81 bits per heavy atom. The fourth-order valence-corrected chi connectivity index (χ4v) is 8.20. The lowest BCUT2D eigenvalue weighted by molar-refractivity contribution is -0.0122. The summed E-state index contributed by atoms with van der Waals surface area (Å²) in [7, 11) is 0. The molecule has 1 aliphatic carbocycles. The maximum Gasteiger partial charge on any atom is 0.319 e. The van der Waals surface area contributed by atoms with Crippen molar-refractivity contribution in [3.05, 3.63) is 53.3 Å². The third-order valence-corrected chi connectivity index (χ3v) is 10.9. The van der Waals surface area contributed by atoms with Crippen molar-refractivity contribution in [3.8, 4) is 35.2 Å². The first kappa shape index (κ1) is 31.1. The van der Waals surface area contributed by atoms with Gasteiger partial charge in [0.1, 0.15) is 28.7 Å². The van der Waals surface area contributed by atoms with Crippen LogP contribution in [0.2, 0.25) is 0 Å². The zero-order valence-electron chi connectivity index (χ0n) is 26.7. The number of halogens is 4. The fraction of sp³-hybridized carbons (Fsp3) is 0.459. The number of piperazine rings is 1. The molecule has 48 heavy (non-hydrogen) atoms. The molecule has 4 aromatic rings. The summed E-state index contributed by atoms with van der Waals surface area (Å²) in [4.78, 5) is 13.7. The molecule has 4 atom stereocenters. The van der Waals surface area contributed by atoms with Crippen molar-refractivity contribution in [2.45, 2.75) is 57.2 Å². The standard InChI is InChI=1S/C37H37F4N5O2/c1-3-26-29(39)9-4-20-12-25(47)13-27(31(20)26)32-30(40)14-28-34(33(32)41)43-36(44-35(28)46-16-22-5-6-23(17-46)42-22)48-19-37(2)18-45(24-7-8-24)11-10-21(37)15-38/h1,4,9,12-14,21-24,42,47H,5-8,10-11,15-19H2,2H3/t21-,22-,23+,37+/m0/s1. The fourth-order valence-electron chi connectivity index (χ4n) is 8.20. The predicted molar refractivity (Wildman–Crippen MR) is 176 cm³/mol. The minimum atomic E-state index is -1.01. The Morgan fingerprint density at radius 3 is 2.52 bits per heavy atom. The minimum Gasteiger partial charge on any atom is -0.508 e. The molecule has 4 aliphatic rings. The van der Waals surface area contributed by atoms with Crippen LogP contribution in [0.5, 0.6) is 11.8 Å². The third-order valence-electron chi connectivity index (χ3n) is 10.9. The van der Waals surface area contributed by atoms with Crippen LogP contribution >= 0.6 is 0 Å². The van der Waals surface area contributed by atoms with Crippen molar-refractivity contribution >= 4 is 27.5 Å². The molecule has 0 spiro atoms. The molecule has 0 amide bonds. The van der Waals surface area contributed by atoms with Gasteiger partial charge in [-0.3, -0.25) is 9.29 Å². The molecule has 11 heteroatoms. The summed E-state index contributed by atoms with van der Waals surface area (Å²) in [6.07, 6.45) is 10.6. The van der Waals surface area contributed by atoms with Crippen LogP contribution in [0.25, 0.3) is 32.8 Å². The van der Waals surface area contributed by atoms with Crippen molar-refractivity contribution in [2.24, 2.45) is 11.3 Å². The van der Waals surface area contributed by atoms with E-state index in [4.69, 9.17) is 16.1 Å². The molecule has 7 nitrogen and oxygen atoms in total. The highest BCUT2D eigenvalue weighted by molar-refractivity contribution is 6.04. The van der Waals surface area contributed by atoms with E-state index >= 15 is 8.78 Å². The number of ether oxygens (including phenoxy) is 1. The van der Waals surface area contributed by atoms with E-state index < -0.39 is 35.1 Å². The molecule has 4 fully saturated rings. The molecule has 250 valence electrons. The number of fused-ring (bicyclic) bond motifs is 4. The average molecular weight is 660 g/mol. The van der Waals surface area contributed by atoms with Crippen LogP contribution in [0.4, 0.5) is 23.4 Å². The number of piperidine rings is 1. The maximum absolute atomic E-state index is 16.9. The van der Waals surface area contributed by atoms with Crippen LogP contribution in [0.1, 0.15) is 44.6 Å². The van der Waals surface area contributed by atoms with E-state index in [0.29, 0.717) is 36.9 Å². The van der Waals surface area contributed by atoms with Gasteiger partial charge in [0.25, 0.3) is 0 Å². The number of anilines is 1. The summed E-state index contributed by atoms with van der Waals surface area (Å²) in [5.74, 6) is -0.494. The van der Waals surface area contributed by atoms with Gasteiger partial charge in [0, 0.05) is 59.5 Å². The summed E-state index contributed by atoms with van der Waals surface area (Å²) in [5, 5.41) is 14.7. The lowest BCUT2D eigenvalue weighted by atomic mass is 9.73. The smallest absolute Gasteiger partial charge is 0.319 e. The van der Waals surface area contributed by atoms with Gasteiger partial charge in [-0.05, 0) is 74.2 Å². The normalized spacial score (nSPS) is 25.9. The van der Waals surface area contributed by atoms with Gasteiger partial charge < -0.3 is 20.1 Å². The van der Waals surface area contributed by atoms with E-state index in [2.05, 4.69) is 21.1 Å². The van der Waals surface area contributed by atoms with Crippen molar-refractivity contribution in [1.29, 1.82) is 0 Å². The molecule has 3 aliphatic heterocycles. The number of phenols is 1. The quantitative estimate of drug-likeness (QED) is 0.177. The number of rotatable bonds is 7. The largest absolute Gasteiger partial charge is 0.508 e. The number of benzene rings is 3. The average Bonchev–Trinajstić information content (AvgIpc) is 3.87. The van der Waals surface area contributed by atoms with Gasteiger partial charge in [0.2, 0.25) is 0 Å². The number of aromatic hydroxyl groups is 1. The van der Waals surface area contributed by atoms with Crippen molar-refractivity contribution < 1.29 is 27.4 Å². The van der Waals surface area contributed by atoms with Crippen LogP contribution in [-0.2, 0) is 0 Å². The molecule has 0 radical (unpaired) electrons. The van der Waals surface area contributed by atoms with Crippen molar-refractivity contribution in [2.75, 3.05) is 44.4 Å². The Balaban J connectivity index is 1.27. The second-order valence-corrected chi connectivity index (χ2v) is 14.3. The van der Waals surface area contributed by atoms with E-state index in [1.807, 2.05) is 11.8 Å². The van der Waals surface area contributed by atoms with Gasteiger partial charge >= 0.3 is 6.01 Å². The van der Waals surface area contributed by atoms with Gasteiger partial charge in [0.15, 0.2) is 5.82 Å². The summed E-state index contributed by atoms with van der Waals surface area (Å²) in [5.41, 5.74) is -1.47. The lowest BCUT2D eigenvalue weighted by Crippen LogP contribution is -2.52. The second kappa shape index (κ2) is 11.8. The number of aromatic nitrogens is 2.